The number of imidazole rings is 1. The van der Waals surface area contributed by atoms with Crippen LogP contribution in [0.5, 0.6) is 0 Å². The van der Waals surface area contributed by atoms with Crippen molar-refractivity contribution in [1.82, 2.24) is 20.2 Å². The summed E-state index contributed by atoms with van der Waals surface area (Å²) >= 11 is 0. The lowest BCUT2D eigenvalue weighted by molar-refractivity contribution is -0.120. The van der Waals surface area contributed by atoms with Gasteiger partial charge in [0.2, 0.25) is 5.91 Å². The number of rotatable bonds is 6. The number of carbonyl (C=O) groups excluding carboxylic acids is 2. The molecule has 1 aromatic heterocycles. The molecule has 1 atom stereocenters. The van der Waals surface area contributed by atoms with Crippen LogP contribution in [0.2, 0.25) is 0 Å². The predicted molar refractivity (Wildman–Crippen MR) is 108 cm³/mol. The summed E-state index contributed by atoms with van der Waals surface area (Å²) in [5, 5.41) is 5.51. The molecule has 0 aliphatic carbocycles. The van der Waals surface area contributed by atoms with Crippen molar-refractivity contribution in [3.8, 4) is 0 Å². The molecular weight excluding hydrogens is 371 g/mol. The molecule has 0 spiro atoms. The molecule has 3 aromatic rings. The zero-order chi connectivity index (χ0) is 21.0. The largest absolute Gasteiger partial charge is 0.343 e. The zero-order valence-corrected chi connectivity index (χ0v) is 16.6. The van der Waals surface area contributed by atoms with Crippen LogP contribution >= 0.6 is 0 Å². The van der Waals surface area contributed by atoms with Crippen molar-refractivity contribution in [2.75, 3.05) is 6.54 Å². The van der Waals surface area contributed by atoms with Gasteiger partial charge in [-0.15, -0.1) is 0 Å². The topological polar surface area (TPSA) is 76.0 Å². The summed E-state index contributed by atoms with van der Waals surface area (Å²) in [4.78, 5) is 29.2. The molecule has 150 valence electrons. The second-order valence-corrected chi connectivity index (χ2v) is 7.01. The molecule has 0 radical (unpaired) electrons. The van der Waals surface area contributed by atoms with E-state index in [1.54, 1.807) is 41.2 Å². The van der Waals surface area contributed by atoms with Gasteiger partial charge in [-0.05, 0) is 43.7 Å². The standard InChI is InChI=1S/C22H23FN4O2/c1-14-10-15(2)12-17(11-14)22(29)25-13-19(28)26-20(21-24-8-9-27(21)3)16-4-6-18(23)7-5-16/h4-12,20H,13H2,1-3H3,(H,25,29)(H,26,28)/t20-/m1/s1. The lowest BCUT2D eigenvalue weighted by Gasteiger charge is -2.19. The molecule has 0 bridgehead atoms. The van der Waals surface area contributed by atoms with Gasteiger partial charge in [0.05, 0.1) is 6.54 Å². The van der Waals surface area contributed by atoms with Gasteiger partial charge < -0.3 is 15.2 Å². The molecule has 29 heavy (non-hydrogen) atoms. The number of aryl methyl sites for hydroxylation is 3. The average Bonchev–Trinajstić information content (AvgIpc) is 3.10. The Hall–Kier alpha value is -3.48. The SMILES string of the molecule is Cc1cc(C)cc(C(=O)NCC(=O)N[C@H](c2ccc(F)cc2)c2nccn2C)c1. The highest BCUT2D eigenvalue weighted by Crippen LogP contribution is 2.20. The second-order valence-electron chi connectivity index (χ2n) is 7.01. The van der Waals surface area contributed by atoms with E-state index in [0.29, 0.717) is 17.0 Å². The maximum Gasteiger partial charge on any atom is 0.251 e. The van der Waals surface area contributed by atoms with Crippen molar-refractivity contribution in [2.24, 2.45) is 7.05 Å². The van der Waals surface area contributed by atoms with Crippen LogP contribution in [0.1, 0.15) is 38.9 Å². The number of benzene rings is 2. The van der Waals surface area contributed by atoms with Crippen molar-refractivity contribution in [1.29, 1.82) is 0 Å². The Kier molecular flexibility index (Phi) is 6.07. The van der Waals surface area contributed by atoms with Gasteiger partial charge in [-0.1, -0.05) is 29.3 Å². The Labute approximate surface area is 168 Å². The molecule has 0 saturated heterocycles. The summed E-state index contributed by atoms with van der Waals surface area (Å²) in [7, 11) is 1.81. The van der Waals surface area contributed by atoms with E-state index in [1.165, 1.54) is 12.1 Å². The number of halogens is 1. The normalized spacial score (nSPS) is 11.7. The van der Waals surface area contributed by atoms with E-state index in [-0.39, 0.29) is 24.2 Å². The number of hydrogen-bond donors (Lipinski definition) is 2. The minimum Gasteiger partial charge on any atom is -0.343 e. The molecule has 7 heteroatoms. The lowest BCUT2D eigenvalue weighted by Crippen LogP contribution is -2.39. The number of amides is 2. The highest BCUT2D eigenvalue weighted by atomic mass is 19.1. The third-order valence-electron chi connectivity index (χ3n) is 4.52. The molecule has 6 nitrogen and oxygen atoms in total. The van der Waals surface area contributed by atoms with Gasteiger partial charge in [-0.25, -0.2) is 9.37 Å². The second kappa shape index (κ2) is 8.68. The fourth-order valence-electron chi connectivity index (χ4n) is 3.19. The molecule has 0 fully saturated rings. The first kappa shape index (κ1) is 20.3. The molecule has 0 aliphatic rings. The molecule has 0 aliphatic heterocycles. The van der Waals surface area contributed by atoms with E-state index in [4.69, 9.17) is 0 Å². The summed E-state index contributed by atoms with van der Waals surface area (Å²) in [6.07, 6.45) is 3.39. The van der Waals surface area contributed by atoms with E-state index in [9.17, 15) is 14.0 Å². The maximum atomic E-state index is 13.3. The van der Waals surface area contributed by atoms with E-state index < -0.39 is 6.04 Å². The molecule has 2 N–H and O–H groups in total. The molecule has 0 unspecified atom stereocenters. The monoisotopic (exact) mass is 394 g/mol. The first-order valence-corrected chi connectivity index (χ1v) is 9.22. The number of carbonyl (C=O) groups is 2. The van der Waals surface area contributed by atoms with Crippen LogP contribution in [-0.4, -0.2) is 27.9 Å². The van der Waals surface area contributed by atoms with E-state index in [0.717, 1.165) is 11.1 Å². The zero-order valence-electron chi connectivity index (χ0n) is 16.6. The number of aromatic nitrogens is 2. The Morgan fingerprint density at radius 1 is 1.10 bits per heavy atom. The first-order chi connectivity index (χ1) is 13.8. The van der Waals surface area contributed by atoms with Gasteiger partial charge in [0.15, 0.2) is 0 Å². The smallest absolute Gasteiger partial charge is 0.251 e. The Morgan fingerprint density at radius 2 is 1.76 bits per heavy atom. The van der Waals surface area contributed by atoms with E-state index >= 15 is 0 Å². The highest BCUT2D eigenvalue weighted by molar-refractivity contribution is 5.96. The molecule has 1 heterocycles. The Balaban J connectivity index is 1.71. The van der Waals surface area contributed by atoms with Crippen LogP contribution in [0.15, 0.2) is 54.9 Å². The third-order valence-corrected chi connectivity index (χ3v) is 4.52. The van der Waals surface area contributed by atoms with Gasteiger partial charge in [-0.3, -0.25) is 9.59 Å². The molecule has 2 aromatic carbocycles. The maximum absolute atomic E-state index is 13.3. The first-order valence-electron chi connectivity index (χ1n) is 9.22. The van der Waals surface area contributed by atoms with Gasteiger partial charge in [0, 0.05) is 25.0 Å². The van der Waals surface area contributed by atoms with Crippen LogP contribution in [0, 0.1) is 19.7 Å². The van der Waals surface area contributed by atoms with Gasteiger partial charge in [0.25, 0.3) is 5.91 Å². The fourth-order valence-corrected chi connectivity index (χ4v) is 3.19. The van der Waals surface area contributed by atoms with Crippen molar-refractivity contribution in [3.05, 3.63) is 88.8 Å². The number of nitrogens with zero attached hydrogens (tertiary/aromatic N) is 2. The van der Waals surface area contributed by atoms with Crippen molar-refractivity contribution in [2.45, 2.75) is 19.9 Å². The molecule has 2 amide bonds. The number of nitrogens with one attached hydrogen (secondary N) is 2. The van der Waals surface area contributed by atoms with Crippen LogP contribution in [0.25, 0.3) is 0 Å². The minimum absolute atomic E-state index is 0.187. The van der Waals surface area contributed by atoms with Crippen LogP contribution < -0.4 is 10.6 Å². The van der Waals surface area contributed by atoms with E-state index in [1.807, 2.05) is 27.0 Å². The van der Waals surface area contributed by atoms with Gasteiger partial charge >= 0.3 is 0 Å². The lowest BCUT2D eigenvalue weighted by atomic mass is 10.1. The summed E-state index contributed by atoms with van der Waals surface area (Å²) in [5.41, 5.74) is 3.15. The van der Waals surface area contributed by atoms with Crippen LogP contribution in [-0.2, 0) is 11.8 Å². The summed E-state index contributed by atoms with van der Waals surface area (Å²) in [6.45, 7) is 3.64. The minimum atomic E-state index is -0.568. The molecule has 3 rings (SSSR count). The van der Waals surface area contributed by atoms with Gasteiger partial charge in [-0.2, -0.15) is 0 Å². The summed E-state index contributed by atoms with van der Waals surface area (Å²) in [6, 6.07) is 10.8. The van der Waals surface area contributed by atoms with Crippen molar-refractivity contribution >= 4 is 11.8 Å². The summed E-state index contributed by atoms with van der Waals surface area (Å²) < 4.78 is 15.1. The van der Waals surface area contributed by atoms with Crippen LogP contribution in [0.4, 0.5) is 4.39 Å². The molecular formula is C22H23FN4O2. The third kappa shape index (κ3) is 5.07. The fraction of sp³-hybridized carbons (Fsp3) is 0.227. The van der Waals surface area contributed by atoms with Crippen LogP contribution in [0.3, 0.4) is 0 Å². The molecule has 0 saturated carbocycles. The van der Waals surface area contributed by atoms with Crippen molar-refractivity contribution in [3.63, 3.8) is 0 Å². The quantitative estimate of drug-likeness (QED) is 0.675. The number of hydrogen-bond acceptors (Lipinski definition) is 3. The average molecular weight is 394 g/mol. The predicted octanol–water partition coefficient (Wildman–Crippen LogP) is 2.81. The summed E-state index contributed by atoms with van der Waals surface area (Å²) in [5.74, 6) is -0.452. The Bertz CT molecular complexity index is 1010. The Morgan fingerprint density at radius 3 is 2.34 bits per heavy atom. The highest BCUT2D eigenvalue weighted by Gasteiger charge is 2.21. The van der Waals surface area contributed by atoms with E-state index in [2.05, 4.69) is 15.6 Å². The van der Waals surface area contributed by atoms with Crippen molar-refractivity contribution < 1.29 is 14.0 Å². The van der Waals surface area contributed by atoms with Gasteiger partial charge in [0.1, 0.15) is 17.7 Å².